The molecule has 2 atom stereocenters. The van der Waals surface area contributed by atoms with Crippen LogP contribution in [0.3, 0.4) is 0 Å². The fourth-order valence-electron chi connectivity index (χ4n) is 3.44. The summed E-state index contributed by atoms with van der Waals surface area (Å²) in [4.78, 5) is 2.18. The average Bonchev–Trinajstić information content (AvgIpc) is 2.64. The van der Waals surface area contributed by atoms with Gasteiger partial charge in [-0.05, 0) is 45.4 Å². The molecule has 1 heterocycles. The lowest BCUT2D eigenvalue weighted by atomic mass is 9.86. The van der Waals surface area contributed by atoms with Crippen LogP contribution < -0.4 is 15.0 Å². The molecule has 2 N–H and O–H groups in total. The second-order valence-corrected chi connectivity index (χ2v) is 7.55. The first kappa shape index (κ1) is 18.7. The quantitative estimate of drug-likeness (QED) is 0.833. The number of nitrogens with one attached hydrogen (secondary N) is 1. The predicted octanol–water partition coefficient (Wildman–Crippen LogP) is 3.55. The number of hydrogen-bond donors (Lipinski definition) is 2. The molecule has 1 aliphatic rings. The molecule has 0 bridgehead atoms. The Balaban J connectivity index is 1.80. The third-order valence-electron chi connectivity index (χ3n) is 5.27. The third kappa shape index (κ3) is 3.87. The van der Waals surface area contributed by atoms with Gasteiger partial charge in [0, 0.05) is 30.9 Å². The number of fused-ring (bicyclic) bond motifs is 1. The zero-order valence-corrected chi connectivity index (χ0v) is 16.2. The summed E-state index contributed by atoms with van der Waals surface area (Å²) in [5, 5.41) is 14.4. The van der Waals surface area contributed by atoms with E-state index in [-0.39, 0.29) is 6.04 Å². The Morgan fingerprint density at radius 1 is 1.15 bits per heavy atom. The lowest BCUT2D eigenvalue weighted by molar-refractivity contribution is -0.0643. The van der Waals surface area contributed by atoms with Crippen LogP contribution in [0.25, 0.3) is 0 Å². The first-order valence-electron chi connectivity index (χ1n) is 9.42. The van der Waals surface area contributed by atoms with Crippen molar-refractivity contribution >= 4 is 5.69 Å². The van der Waals surface area contributed by atoms with Crippen LogP contribution in [-0.2, 0) is 6.42 Å². The number of hydrogen-bond acceptors (Lipinski definition) is 4. The summed E-state index contributed by atoms with van der Waals surface area (Å²) in [6, 6.07) is 16.5. The van der Waals surface area contributed by atoms with E-state index in [0.717, 1.165) is 36.5 Å². The summed E-state index contributed by atoms with van der Waals surface area (Å²) in [6.07, 6.45) is 0.317. The zero-order chi connectivity index (χ0) is 18.7. The number of anilines is 1. The molecule has 1 aliphatic heterocycles. The van der Waals surface area contributed by atoms with E-state index >= 15 is 0 Å². The SMILES string of the molecule is CCN(C)c1ccc2c(c1)OC(C)(C)[C@H](O)[C@H]2NCCc1ccccc1. The van der Waals surface area contributed by atoms with Crippen LogP contribution in [0.2, 0.25) is 0 Å². The lowest BCUT2D eigenvalue weighted by Gasteiger charge is -2.42. The lowest BCUT2D eigenvalue weighted by Crippen LogP contribution is -2.52. The second kappa shape index (κ2) is 7.68. The largest absolute Gasteiger partial charge is 0.485 e. The van der Waals surface area contributed by atoms with Crippen molar-refractivity contribution in [3.8, 4) is 5.75 Å². The van der Waals surface area contributed by atoms with Gasteiger partial charge in [-0.3, -0.25) is 0 Å². The molecule has 3 rings (SSSR count). The van der Waals surface area contributed by atoms with E-state index in [2.05, 4.69) is 66.7 Å². The van der Waals surface area contributed by atoms with Crippen LogP contribution in [0.1, 0.15) is 37.9 Å². The molecule has 0 fully saturated rings. The molecule has 140 valence electrons. The zero-order valence-electron chi connectivity index (χ0n) is 16.2. The van der Waals surface area contributed by atoms with Crippen molar-refractivity contribution < 1.29 is 9.84 Å². The van der Waals surface area contributed by atoms with Gasteiger partial charge in [0.2, 0.25) is 0 Å². The smallest absolute Gasteiger partial charge is 0.131 e. The highest BCUT2D eigenvalue weighted by atomic mass is 16.5. The second-order valence-electron chi connectivity index (χ2n) is 7.55. The molecule has 2 aromatic rings. The molecular weight excluding hydrogens is 324 g/mol. The minimum absolute atomic E-state index is 0.140. The molecule has 4 heteroatoms. The van der Waals surface area contributed by atoms with Crippen LogP contribution in [0.15, 0.2) is 48.5 Å². The maximum Gasteiger partial charge on any atom is 0.131 e. The number of benzene rings is 2. The molecular formula is C22H30N2O2. The van der Waals surface area contributed by atoms with Crippen LogP contribution in [0.5, 0.6) is 5.75 Å². The minimum Gasteiger partial charge on any atom is -0.485 e. The van der Waals surface area contributed by atoms with E-state index in [0.29, 0.717) is 0 Å². The van der Waals surface area contributed by atoms with Crippen LogP contribution in [-0.4, -0.2) is 36.9 Å². The van der Waals surface area contributed by atoms with Gasteiger partial charge in [0.25, 0.3) is 0 Å². The van der Waals surface area contributed by atoms with Gasteiger partial charge in [0.05, 0.1) is 6.04 Å². The van der Waals surface area contributed by atoms with Gasteiger partial charge < -0.3 is 20.1 Å². The Bertz CT molecular complexity index is 730. The van der Waals surface area contributed by atoms with Gasteiger partial charge in [-0.25, -0.2) is 0 Å². The van der Waals surface area contributed by atoms with Crippen molar-refractivity contribution in [3.05, 3.63) is 59.7 Å². The van der Waals surface area contributed by atoms with E-state index in [1.54, 1.807) is 0 Å². The van der Waals surface area contributed by atoms with Crippen molar-refractivity contribution in [2.24, 2.45) is 0 Å². The highest BCUT2D eigenvalue weighted by molar-refractivity contribution is 5.55. The monoisotopic (exact) mass is 354 g/mol. The van der Waals surface area contributed by atoms with E-state index in [9.17, 15) is 5.11 Å². The third-order valence-corrected chi connectivity index (χ3v) is 5.27. The fraction of sp³-hybridized carbons (Fsp3) is 0.455. The summed E-state index contributed by atoms with van der Waals surface area (Å²) < 4.78 is 6.15. The highest BCUT2D eigenvalue weighted by Gasteiger charge is 2.42. The molecule has 0 saturated carbocycles. The molecule has 4 nitrogen and oxygen atoms in total. The van der Waals surface area contributed by atoms with Crippen molar-refractivity contribution in [2.45, 2.75) is 44.9 Å². The maximum atomic E-state index is 10.9. The molecule has 0 aliphatic carbocycles. The topological polar surface area (TPSA) is 44.7 Å². The van der Waals surface area contributed by atoms with Crippen molar-refractivity contribution in [1.29, 1.82) is 0 Å². The first-order valence-corrected chi connectivity index (χ1v) is 9.42. The van der Waals surface area contributed by atoms with Gasteiger partial charge in [-0.15, -0.1) is 0 Å². The Morgan fingerprint density at radius 3 is 2.58 bits per heavy atom. The maximum absolute atomic E-state index is 10.9. The van der Waals surface area contributed by atoms with Crippen molar-refractivity contribution in [3.63, 3.8) is 0 Å². The Kier molecular flexibility index (Phi) is 5.54. The summed E-state index contributed by atoms with van der Waals surface area (Å²) in [6.45, 7) is 7.76. The van der Waals surface area contributed by atoms with E-state index < -0.39 is 11.7 Å². The van der Waals surface area contributed by atoms with Gasteiger partial charge >= 0.3 is 0 Å². The number of rotatable bonds is 6. The molecule has 0 saturated heterocycles. The Labute approximate surface area is 156 Å². The van der Waals surface area contributed by atoms with Crippen molar-refractivity contribution in [1.82, 2.24) is 5.32 Å². The Hall–Kier alpha value is -2.04. The first-order chi connectivity index (χ1) is 12.4. The number of nitrogens with zero attached hydrogens (tertiary/aromatic N) is 1. The molecule has 0 amide bonds. The fourth-order valence-corrected chi connectivity index (χ4v) is 3.44. The number of aliphatic hydroxyl groups excluding tert-OH is 1. The van der Waals surface area contributed by atoms with Crippen LogP contribution in [0, 0.1) is 0 Å². The summed E-state index contributed by atoms with van der Waals surface area (Å²) in [5.74, 6) is 0.857. The van der Waals surface area contributed by atoms with Gasteiger partial charge in [-0.2, -0.15) is 0 Å². The molecule has 0 radical (unpaired) electrons. The molecule has 26 heavy (non-hydrogen) atoms. The van der Waals surface area contributed by atoms with Crippen molar-refractivity contribution in [2.75, 3.05) is 25.0 Å². The minimum atomic E-state index is -0.638. The molecule has 2 aromatic carbocycles. The standard InChI is InChI=1S/C22H30N2O2/c1-5-24(4)17-11-12-18-19(15-17)26-22(2,3)21(25)20(18)23-14-13-16-9-7-6-8-10-16/h6-12,15,20-21,23,25H,5,13-14H2,1-4H3/t20-,21+/m0/s1. The molecule has 0 spiro atoms. The molecule has 0 unspecified atom stereocenters. The normalized spacial score (nSPS) is 21.0. The van der Waals surface area contributed by atoms with E-state index in [1.807, 2.05) is 19.9 Å². The summed E-state index contributed by atoms with van der Waals surface area (Å²) >= 11 is 0. The predicted molar refractivity (Wildman–Crippen MR) is 107 cm³/mol. The number of ether oxygens (including phenoxy) is 1. The van der Waals surface area contributed by atoms with Crippen LogP contribution in [0.4, 0.5) is 5.69 Å². The van der Waals surface area contributed by atoms with Gasteiger partial charge in [0.1, 0.15) is 17.5 Å². The molecule has 0 aromatic heterocycles. The average molecular weight is 354 g/mol. The number of aliphatic hydroxyl groups is 1. The van der Waals surface area contributed by atoms with E-state index in [1.165, 1.54) is 5.56 Å². The van der Waals surface area contributed by atoms with Gasteiger partial charge in [0.15, 0.2) is 0 Å². The van der Waals surface area contributed by atoms with E-state index in [4.69, 9.17) is 4.74 Å². The highest BCUT2D eigenvalue weighted by Crippen LogP contribution is 2.41. The van der Waals surface area contributed by atoms with Crippen LogP contribution >= 0.6 is 0 Å². The summed E-state index contributed by atoms with van der Waals surface area (Å²) in [7, 11) is 2.07. The summed E-state index contributed by atoms with van der Waals surface area (Å²) in [5.41, 5.74) is 2.81. The Morgan fingerprint density at radius 2 is 1.88 bits per heavy atom. The van der Waals surface area contributed by atoms with Gasteiger partial charge in [-0.1, -0.05) is 36.4 Å².